The van der Waals surface area contributed by atoms with Crippen LogP contribution in [0.2, 0.25) is 5.02 Å². The molecule has 2 N–H and O–H groups in total. The monoisotopic (exact) mass is 292 g/mol. The van der Waals surface area contributed by atoms with E-state index in [4.69, 9.17) is 11.6 Å². The predicted molar refractivity (Wildman–Crippen MR) is 79.0 cm³/mol. The Labute approximate surface area is 123 Å². The first-order chi connectivity index (χ1) is 9.58. The van der Waals surface area contributed by atoms with E-state index in [9.17, 15) is 9.90 Å². The summed E-state index contributed by atoms with van der Waals surface area (Å²) in [6.45, 7) is 0. The van der Waals surface area contributed by atoms with Gasteiger partial charge in [-0.25, -0.2) is 4.79 Å². The molecular weight excluding hydrogens is 276 g/mol. The largest absolute Gasteiger partial charge is 0.480 e. The number of benzene rings is 1. The Kier molecular flexibility index (Phi) is 3.34. The summed E-state index contributed by atoms with van der Waals surface area (Å²) in [5.74, 6) is 0.118. The van der Waals surface area contributed by atoms with Crippen LogP contribution in [0.25, 0.3) is 0 Å². The second-order valence-corrected chi connectivity index (χ2v) is 5.77. The van der Waals surface area contributed by atoms with Crippen LogP contribution in [-0.4, -0.2) is 24.2 Å². The van der Waals surface area contributed by atoms with Crippen molar-refractivity contribution in [2.75, 3.05) is 11.9 Å². The van der Waals surface area contributed by atoms with Gasteiger partial charge in [0.2, 0.25) is 0 Å². The van der Waals surface area contributed by atoms with E-state index in [-0.39, 0.29) is 0 Å². The first-order valence-electron chi connectivity index (χ1n) is 6.80. The van der Waals surface area contributed by atoms with Gasteiger partial charge in [-0.2, -0.15) is 0 Å². The summed E-state index contributed by atoms with van der Waals surface area (Å²) < 4.78 is 0. The van der Waals surface area contributed by atoms with Crippen LogP contribution in [0.4, 0.5) is 5.69 Å². The number of hydrogen-bond donors (Lipinski definition) is 2. The molecule has 3 rings (SSSR count). The fourth-order valence-corrected chi connectivity index (χ4v) is 3.41. The lowest BCUT2D eigenvalue weighted by atomic mass is 9.95. The number of para-hydroxylation sites is 1. The Hall–Kier alpha value is -1.68. The number of aliphatic carboxylic acids is 1. The van der Waals surface area contributed by atoms with Gasteiger partial charge in [0.15, 0.2) is 0 Å². The van der Waals surface area contributed by atoms with Crippen molar-refractivity contribution in [3.63, 3.8) is 0 Å². The lowest BCUT2D eigenvalue weighted by Gasteiger charge is -2.34. The molecule has 5 heteroatoms. The summed E-state index contributed by atoms with van der Waals surface area (Å²) in [5, 5.41) is 13.1. The number of allylic oxidation sites excluding steroid dienone is 1. The summed E-state index contributed by atoms with van der Waals surface area (Å²) in [5.41, 5.74) is 3.45. The molecule has 106 valence electrons. The highest BCUT2D eigenvalue weighted by Crippen LogP contribution is 2.39. The van der Waals surface area contributed by atoms with Gasteiger partial charge in [0.25, 0.3) is 0 Å². The quantitative estimate of drug-likeness (QED) is 0.836. The molecule has 1 atom stereocenters. The van der Waals surface area contributed by atoms with Crippen LogP contribution in [-0.2, 0) is 11.2 Å². The minimum atomic E-state index is -0.794. The molecule has 0 bridgehead atoms. The van der Waals surface area contributed by atoms with Gasteiger partial charge in [0.05, 0.1) is 10.7 Å². The lowest BCUT2D eigenvalue weighted by molar-refractivity contribution is -0.139. The Bertz CT molecular complexity index is 598. The normalized spacial score (nSPS) is 21.7. The third-order valence-electron chi connectivity index (χ3n) is 4.06. The maximum Gasteiger partial charge on any atom is 0.326 e. The van der Waals surface area contributed by atoms with Crippen molar-refractivity contribution < 1.29 is 9.90 Å². The smallest absolute Gasteiger partial charge is 0.326 e. The summed E-state index contributed by atoms with van der Waals surface area (Å²) in [7, 11) is 1.94. The molecule has 2 aliphatic rings. The van der Waals surface area contributed by atoms with Crippen molar-refractivity contribution >= 4 is 23.3 Å². The summed E-state index contributed by atoms with van der Waals surface area (Å²) in [6.07, 6.45) is 3.32. The van der Waals surface area contributed by atoms with Gasteiger partial charge in [-0.1, -0.05) is 23.7 Å². The van der Waals surface area contributed by atoms with Crippen molar-refractivity contribution in [2.45, 2.75) is 31.7 Å². The maximum absolute atomic E-state index is 11.3. The lowest BCUT2D eigenvalue weighted by Crippen LogP contribution is -2.42. The highest BCUT2D eigenvalue weighted by Gasteiger charge is 2.30. The standard InChI is InChI=1S/C15H17ClN2O2/c1-18-13-9(4-2-6-11(13)16)8-10-5-3-7-12(15(19)20)17-14(10)18/h2,4,6,12,17H,3,5,7-8H2,1H3,(H,19,20). The second-order valence-electron chi connectivity index (χ2n) is 5.36. The van der Waals surface area contributed by atoms with E-state index in [0.717, 1.165) is 30.8 Å². The number of nitrogens with one attached hydrogen (secondary N) is 1. The van der Waals surface area contributed by atoms with Crippen molar-refractivity contribution in [2.24, 2.45) is 0 Å². The number of rotatable bonds is 1. The molecule has 1 unspecified atom stereocenters. The van der Waals surface area contributed by atoms with Crippen LogP contribution >= 0.6 is 11.6 Å². The molecule has 2 heterocycles. The summed E-state index contributed by atoms with van der Waals surface area (Å²) in [4.78, 5) is 13.3. The molecule has 20 heavy (non-hydrogen) atoms. The minimum absolute atomic E-state index is 0.519. The molecule has 0 saturated heterocycles. The van der Waals surface area contributed by atoms with Crippen LogP contribution in [0.1, 0.15) is 24.8 Å². The van der Waals surface area contributed by atoms with E-state index >= 15 is 0 Å². The third-order valence-corrected chi connectivity index (χ3v) is 4.37. The molecule has 0 aromatic heterocycles. The van der Waals surface area contributed by atoms with Gasteiger partial charge < -0.3 is 15.3 Å². The van der Waals surface area contributed by atoms with E-state index < -0.39 is 12.0 Å². The SMILES string of the molecule is CN1C2=C(CCCC(C(=O)O)N2)Cc2cccc(Cl)c21. The number of fused-ring (bicyclic) bond motifs is 1. The number of anilines is 1. The van der Waals surface area contributed by atoms with Crippen LogP contribution in [0, 0.1) is 0 Å². The molecule has 1 aromatic carbocycles. The Balaban J connectivity index is 2.01. The molecule has 0 radical (unpaired) electrons. The molecule has 4 nitrogen and oxygen atoms in total. The first kappa shape index (κ1) is 13.3. The Morgan fingerprint density at radius 2 is 2.30 bits per heavy atom. The number of halogens is 1. The van der Waals surface area contributed by atoms with E-state index in [1.807, 2.05) is 24.1 Å². The number of carboxylic acid groups (broad SMARTS) is 1. The van der Waals surface area contributed by atoms with Crippen LogP contribution in [0.5, 0.6) is 0 Å². The zero-order valence-corrected chi connectivity index (χ0v) is 12.1. The highest BCUT2D eigenvalue weighted by molar-refractivity contribution is 6.33. The molecule has 0 amide bonds. The average Bonchev–Trinajstić information content (AvgIpc) is 2.61. The van der Waals surface area contributed by atoms with Crippen LogP contribution in [0.15, 0.2) is 29.6 Å². The molecular formula is C15H17ClN2O2. The van der Waals surface area contributed by atoms with Crippen molar-refractivity contribution in [3.05, 3.63) is 40.2 Å². The van der Waals surface area contributed by atoms with Crippen LogP contribution < -0.4 is 10.2 Å². The summed E-state index contributed by atoms with van der Waals surface area (Å²) in [6, 6.07) is 5.40. The van der Waals surface area contributed by atoms with E-state index in [0.29, 0.717) is 11.4 Å². The minimum Gasteiger partial charge on any atom is -0.480 e. The van der Waals surface area contributed by atoms with E-state index in [2.05, 4.69) is 11.4 Å². The molecule has 0 fully saturated rings. The van der Waals surface area contributed by atoms with Gasteiger partial charge >= 0.3 is 5.97 Å². The Morgan fingerprint density at radius 3 is 3.05 bits per heavy atom. The van der Waals surface area contributed by atoms with Crippen molar-refractivity contribution in [3.8, 4) is 0 Å². The van der Waals surface area contributed by atoms with Gasteiger partial charge in [-0.05, 0) is 42.9 Å². The Morgan fingerprint density at radius 1 is 1.50 bits per heavy atom. The van der Waals surface area contributed by atoms with E-state index in [1.54, 1.807) is 0 Å². The highest BCUT2D eigenvalue weighted by atomic mass is 35.5. The number of nitrogens with zero attached hydrogens (tertiary/aromatic N) is 1. The fraction of sp³-hybridized carbons (Fsp3) is 0.400. The fourth-order valence-electron chi connectivity index (χ4n) is 3.09. The van der Waals surface area contributed by atoms with Gasteiger partial charge in [-0.15, -0.1) is 0 Å². The van der Waals surface area contributed by atoms with Crippen molar-refractivity contribution in [1.29, 1.82) is 0 Å². The topological polar surface area (TPSA) is 52.6 Å². The number of hydrogen-bond acceptors (Lipinski definition) is 3. The first-order valence-corrected chi connectivity index (χ1v) is 7.18. The predicted octanol–water partition coefficient (Wildman–Crippen LogP) is 2.77. The van der Waals surface area contributed by atoms with E-state index in [1.165, 1.54) is 11.1 Å². The summed E-state index contributed by atoms with van der Waals surface area (Å²) >= 11 is 6.30. The molecule has 0 saturated carbocycles. The third kappa shape index (κ3) is 2.14. The molecule has 0 spiro atoms. The van der Waals surface area contributed by atoms with Gasteiger partial charge in [-0.3, -0.25) is 0 Å². The number of carbonyl (C=O) groups is 1. The van der Waals surface area contributed by atoms with Gasteiger partial charge in [0.1, 0.15) is 11.9 Å². The van der Waals surface area contributed by atoms with Crippen LogP contribution in [0.3, 0.4) is 0 Å². The zero-order valence-electron chi connectivity index (χ0n) is 11.3. The van der Waals surface area contributed by atoms with Crippen molar-refractivity contribution in [1.82, 2.24) is 5.32 Å². The maximum atomic E-state index is 11.3. The molecule has 2 aliphatic heterocycles. The number of carboxylic acids is 1. The second kappa shape index (κ2) is 5.02. The molecule has 1 aromatic rings. The average molecular weight is 293 g/mol. The molecule has 0 aliphatic carbocycles. The van der Waals surface area contributed by atoms with Gasteiger partial charge in [0, 0.05) is 7.05 Å². The zero-order chi connectivity index (χ0) is 14.3.